The first-order valence-electron chi connectivity index (χ1n) is 4.84. The zero-order valence-corrected chi connectivity index (χ0v) is 9.02. The maximum absolute atomic E-state index is 13.2. The van der Waals surface area contributed by atoms with Crippen LogP contribution in [0, 0.1) is 17.5 Å². The van der Waals surface area contributed by atoms with Crippen LogP contribution < -0.4 is 5.32 Å². The minimum atomic E-state index is -1.54. The van der Waals surface area contributed by atoms with Gasteiger partial charge in [0.2, 0.25) is 5.78 Å². The van der Waals surface area contributed by atoms with E-state index < -0.39 is 29.1 Å². The summed E-state index contributed by atoms with van der Waals surface area (Å²) in [5, 5.41) is 2.22. The molecular weight excluding hydrogens is 235 g/mol. The van der Waals surface area contributed by atoms with Crippen molar-refractivity contribution in [3.63, 3.8) is 0 Å². The summed E-state index contributed by atoms with van der Waals surface area (Å²) in [4.78, 5) is 21.4. The predicted octanol–water partition coefficient (Wildman–Crippen LogP) is 1.35. The Balaban J connectivity index is 2.62. The van der Waals surface area contributed by atoms with Crippen molar-refractivity contribution in [2.75, 3.05) is 6.54 Å². The SMILES string of the molecule is CC(=O)C(=O)NCCc1ccc(F)c(F)c1F. The van der Waals surface area contributed by atoms with Gasteiger partial charge >= 0.3 is 0 Å². The maximum Gasteiger partial charge on any atom is 0.287 e. The molecule has 0 aliphatic carbocycles. The Kier molecular flexibility index (Phi) is 4.25. The molecule has 0 saturated carbocycles. The third-order valence-electron chi connectivity index (χ3n) is 2.11. The molecule has 17 heavy (non-hydrogen) atoms. The van der Waals surface area contributed by atoms with Crippen LogP contribution in [0.15, 0.2) is 12.1 Å². The van der Waals surface area contributed by atoms with Crippen LogP contribution in [-0.2, 0) is 16.0 Å². The molecule has 92 valence electrons. The highest BCUT2D eigenvalue weighted by Gasteiger charge is 2.13. The molecule has 0 radical (unpaired) electrons. The average molecular weight is 245 g/mol. The molecule has 1 aromatic carbocycles. The van der Waals surface area contributed by atoms with E-state index in [0.29, 0.717) is 0 Å². The van der Waals surface area contributed by atoms with E-state index in [1.54, 1.807) is 0 Å². The number of carbonyl (C=O) groups excluding carboxylic acids is 2. The standard InChI is InChI=1S/C11H10F3NO2/c1-6(16)11(17)15-5-4-7-2-3-8(12)10(14)9(7)13/h2-3H,4-5H2,1H3,(H,15,17). The van der Waals surface area contributed by atoms with Crippen LogP contribution in [0.2, 0.25) is 0 Å². The third-order valence-corrected chi connectivity index (χ3v) is 2.11. The molecule has 0 fully saturated rings. The predicted molar refractivity (Wildman–Crippen MR) is 53.7 cm³/mol. The molecule has 1 rings (SSSR count). The van der Waals surface area contributed by atoms with E-state index in [2.05, 4.69) is 5.32 Å². The van der Waals surface area contributed by atoms with Gasteiger partial charge in [-0.3, -0.25) is 9.59 Å². The highest BCUT2D eigenvalue weighted by Crippen LogP contribution is 2.15. The lowest BCUT2D eigenvalue weighted by molar-refractivity contribution is -0.136. The van der Waals surface area contributed by atoms with E-state index in [-0.39, 0.29) is 18.5 Å². The summed E-state index contributed by atoms with van der Waals surface area (Å²) in [6, 6.07) is 1.90. The van der Waals surface area contributed by atoms with Crippen molar-refractivity contribution < 1.29 is 22.8 Å². The monoisotopic (exact) mass is 245 g/mol. The normalized spacial score (nSPS) is 10.1. The molecule has 1 amide bonds. The highest BCUT2D eigenvalue weighted by atomic mass is 19.2. The molecule has 0 aliphatic rings. The van der Waals surface area contributed by atoms with Crippen LogP contribution in [0.4, 0.5) is 13.2 Å². The number of rotatable bonds is 4. The van der Waals surface area contributed by atoms with Crippen LogP contribution in [0.5, 0.6) is 0 Å². The zero-order chi connectivity index (χ0) is 13.0. The second-order valence-corrected chi connectivity index (χ2v) is 3.40. The Morgan fingerprint density at radius 3 is 2.41 bits per heavy atom. The van der Waals surface area contributed by atoms with E-state index in [4.69, 9.17) is 0 Å². The summed E-state index contributed by atoms with van der Waals surface area (Å²) in [6.45, 7) is 1.06. The fourth-order valence-corrected chi connectivity index (χ4v) is 1.19. The van der Waals surface area contributed by atoms with Gasteiger partial charge in [-0.2, -0.15) is 0 Å². The Morgan fingerprint density at radius 2 is 1.82 bits per heavy atom. The number of hydrogen-bond donors (Lipinski definition) is 1. The van der Waals surface area contributed by atoms with Gasteiger partial charge in [-0.15, -0.1) is 0 Å². The third kappa shape index (κ3) is 3.30. The first kappa shape index (κ1) is 13.2. The molecule has 0 spiro atoms. The molecule has 0 saturated heterocycles. The second-order valence-electron chi connectivity index (χ2n) is 3.40. The van der Waals surface area contributed by atoms with Crippen molar-refractivity contribution >= 4 is 11.7 Å². The fourth-order valence-electron chi connectivity index (χ4n) is 1.19. The number of halogens is 3. The van der Waals surface area contributed by atoms with Gasteiger partial charge in [0.25, 0.3) is 5.91 Å². The van der Waals surface area contributed by atoms with Gasteiger partial charge in [0.1, 0.15) is 0 Å². The molecule has 0 aliphatic heterocycles. The molecule has 1 aromatic rings. The van der Waals surface area contributed by atoms with Crippen molar-refractivity contribution in [1.29, 1.82) is 0 Å². The maximum atomic E-state index is 13.2. The number of hydrogen-bond acceptors (Lipinski definition) is 2. The quantitative estimate of drug-likeness (QED) is 0.643. The number of benzene rings is 1. The van der Waals surface area contributed by atoms with E-state index in [9.17, 15) is 22.8 Å². The molecule has 1 N–H and O–H groups in total. The Bertz CT molecular complexity index is 460. The largest absolute Gasteiger partial charge is 0.349 e. The lowest BCUT2D eigenvalue weighted by atomic mass is 10.1. The van der Waals surface area contributed by atoms with Crippen molar-refractivity contribution in [2.24, 2.45) is 0 Å². The van der Waals surface area contributed by atoms with Crippen molar-refractivity contribution in [2.45, 2.75) is 13.3 Å². The summed E-state index contributed by atoms with van der Waals surface area (Å²) >= 11 is 0. The molecule has 0 bridgehead atoms. The number of amides is 1. The van der Waals surface area contributed by atoms with Gasteiger partial charge in [0.15, 0.2) is 17.5 Å². The second kappa shape index (κ2) is 5.47. The van der Waals surface area contributed by atoms with Crippen LogP contribution in [0.1, 0.15) is 12.5 Å². The van der Waals surface area contributed by atoms with Crippen molar-refractivity contribution in [3.05, 3.63) is 35.1 Å². The van der Waals surface area contributed by atoms with Crippen LogP contribution >= 0.6 is 0 Å². The lowest BCUT2D eigenvalue weighted by Gasteiger charge is -2.05. The average Bonchev–Trinajstić information content (AvgIpc) is 2.28. The summed E-state index contributed by atoms with van der Waals surface area (Å²) in [7, 11) is 0. The Labute approximate surface area is 95.6 Å². The van der Waals surface area contributed by atoms with Gasteiger partial charge in [-0.25, -0.2) is 13.2 Å². The van der Waals surface area contributed by atoms with Gasteiger partial charge in [0.05, 0.1) is 0 Å². The smallest absolute Gasteiger partial charge is 0.287 e. The molecule has 0 aromatic heterocycles. The molecule has 0 unspecified atom stereocenters. The van der Waals surface area contributed by atoms with E-state index in [0.717, 1.165) is 19.1 Å². The number of nitrogens with one attached hydrogen (secondary N) is 1. The minimum Gasteiger partial charge on any atom is -0.349 e. The van der Waals surface area contributed by atoms with E-state index in [1.807, 2.05) is 0 Å². The molecule has 6 heteroatoms. The minimum absolute atomic E-state index is 0.0257. The van der Waals surface area contributed by atoms with Crippen LogP contribution in [-0.4, -0.2) is 18.2 Å². The van der Waals surface area contributed by atoms with Gasteiger partial charge in [-0.05, 0) is 18.1 Å². The molecule has 3 nitrogen and oxygen atoms in total. The summed E-state index contributed by atoms with van der Waals surface area (Å²) in [5.41, 5.74) is -0.0623. The van der Waals surface area contributed by atoms with Gasteiger partial charge in [-0.1, -0.05) is 6.07 Å². The van der Waals surface area contributed by atoms with Gasteiger partial charge < -0.3 is 5.32 Å². The summed E-state index contributed by atoms with van der Waals surface area (Å²) < 4.78 is 38.6. The van der Waals surface area contributed by atoms with Crippen LogP contribution in [0.25, 0.3) is 0 Å². The van der Waals surface area contributed by atoms with Crippen molar-refractivity contribution in [3.8, 4) is 0 Å². The van der Waals surface area contributed by atoms with Crippen molar-refractivity contribution in [1.82, 2.24) is 5.32 Å². The number of carbonyl (C=O) groups is 2. The fraction of sp³-hybridized carbons (Fsp3) is 0.273. The van der Waals surface area contributed by atoms with E-state index in [1.165, 1.54) is 0 Å². The molecular formula is C11H10F3NO2. The van der Waals surface area contributed by atoms with E-state index >= 15 is 0 Å². The Morgan fingerprint density at radius 1 is 1.18 bits per heavy atom. The summed E-state index contributed by atoms with van der Waals surface area (Å²) in [5.74, 6) is -5.55. The van der Waals surface area contributed by atoms with Crippen LogP contribution in [0.3, 0.4) is 0 Å². The number of Topliss-reactive ketones (excluding diaryl/α,β-unsaturated/α-hetero) is 1. The zero-order valence-electron chi connectivity index (χ0n) is 9.02. The highest BCUT2D eigenvalue weighted by molar-refractivity contribution is 6.35. The first-order valence-corrected chi connectivity index (χ1v) is 4.84. The molecule has 0 atom stereocenters. The number of ketones is 1. The topological polar surface area (TPSA) is 46.2 Å². The lowest BCUT2D eigenvalue weighted by Crippen LogP contribution is -2.31. The summed E-state index contributed by atoms with van der Waals surface area (Å²) in [6.07, 6.45) is -0.0257. The molecule has 0 heterocycles. The Hall–Kier alpha value is -1.85. The first-order chi connectivity index (χ1) is 7.93. The van der Waals surface area contributed by atoms with Gasteiger partial charge in [0, 0.05) is 13.5 Å².